The van der Waals surface area contributed by atoms with Gasteiger partial charge in [-0.1, -0.05) is 6.92 Å². The average Bonchev–Trinajstić information content (AvgIpc) is 2.30. The molecule has 0 aromatic heterocycles. The highest BCUT2D eigenvalue weighted by Gasteiger charge is 2.37. The molecule has 0 aromatic rings. The largest absolute Gasteiger partial charge is 0.231 e. The van der Waals surface area contributed by atoms with Crippen LogP contribution < -0.4 is 0 Å². The Morgan fingerprint density at radius 3 is 2.62 bits per heavy atom. The fraction of sp³-hybridized carbons (Fsp3) is 0.800. The molecule has 1 rings (SSSR count). The molecule has 1 aliphatic heterocycles. The molecule has 16 heavy (non-hydrogen) atoms. The maximum Gasteiger partial charge on any atom is 0.231 e. The van der Waals surface area contributed by atoms with E-state index in [1.807, 2.05) is 6.07 Å². The smallest absolute Gasteiger partial charge is 0.211 e. The van der Waals surface area contributed by atoms with Crippen LogP contribution in [0, 0.1) is 22.7 Å². The number of nitrogens with zero attached hydrogens (tertiary/aromatic N) is 3. The van der Waals surface area contributed by atoms with E-state index in [1.54, 1.807) is 13.0 Å². The van der Waals surface area contributed by atoms with E-state index in [0.717, 1.165) is 12.8 Å². The monoisotopic (exact) mass is 241 g/mol. The zero-order chi connectivity index (χ0) is 12.2. The van der Waals surface area contributed by atoms with Gasteiger partial charge in [0.15, 0.2) is 5.25 Å². The second-order valence-electron chi connectivity index (χ2n) is 3.82. The lowest BCUT2D eigenvalue weighted by Gasteiger charge is -2.31. The Labute approximate surface area is 96.3 Å². The molecule has 2 unspecified atom stereocenters. The van der Waals surface area contributed by atoms with Crippen molar-refractivity contribution < 1.29 is 8.42 Å². The molecule has 1 fully saturated rings. The van der Waals surface area contributed by atoms with E-state index in [0.29, 0.717) is 13.0 Å². The lowest BCUT2D eigenvalue weighted by Crippen LogP contribution is -2.46. The van der Waals surface area contributed by atoms with E-state index in [4.69, 9.17) is 10.5 Å². The molecule has 6 heteroatoms. The third-order valence-corrected chi connectivity index (χ3v) is 5.05. The van der Waals surface area contributed by atoms with Crippen molar-refractivity contribution in [1.82, 2.24) is 4.31 Å². The van der Waals surface area contributed by atoms with Gasteiger partial charge in [0.05, 0.1) is 12.1 Å². The van der Waals surface area contributed by atoms with Crippen molar-refractivity contribution in [3.8, 4) is 12.1 Å². The van der Waals surface area contributed by atoms with E-state index >= 15 is 0 Å². The van der Waals surface area contributed by atoms with Gasteiger partial charge in [0.1, 0.15) is 6.04 Å². The summed E-state index contributed by atoms with van der Waals surface area (Å²) in [5, 5.41) is 16.7. The Morgan fingerprint density at radius 2 is 2.12 bits per heavy atom. The molecule has 0 bridgehead atoms. The Kier molecular flexibility index (Phi) is 4.28. The van der Waals surface area contributed by atoms with Crippen molar-refractivity contribution >= 4 is 10.0 Å². The van der Waals surface area contributed by atoms with E-state index in [-0.39, 0.29) is 6.42 Å². The first-order chi connectivity index (χ1) is 7.57. The lowest BCUT2D eigenvalue weighted by atomic mass is 10.1. The summed E-state index contributed by atoms with van der Waals surface area (Å²) in [7, 11) is -3.64. The molecule has 2 atom stereocenters. The quantitative estimate of drug-likeness (QED) is 0.737. The molecule has 1 aliphatic rings. The maximum atomic E-state index is 12.1. The second kappa shape index (κ2) is 5.29. The standard InChI is InChI=1S/C10H15N3O2S/c1-2-10(8-12)16(14,15)13-6-4-3-5-9(13)7-11/h9-10H,2-6H2,1H3. The summed E-state index contributed by atoms with van der Waals surface area (Å²) in [5.74, 6) is 0. The molecule has 88 valence electrons. The summed E-state index contributed by atoms with van der Waals surface area (Å²) in [5.41, 5.74) is 0. The zero-order valence-corrected chi connectivity index (χ0v) is 10.1. The lowest BCUT2D eigenvalue weighted by molar-refractivity contribution is 0.295. The normalized spacial score (nSPS) is 24.3. The molecule has 0 aromatic carbocycles. The van der Waals surface area contributed by atoms with Gasteiger partial charge >= 0.3 is 0 Å². The number of rotatable bonds is 3. The van der Waals surface area contributed by atoms with Crippen molar-refractivity contribution in [3.05, 3.63) is 0 Å². The van der Waals surface area contributed by atoms with Crippen LogP contribution in [0.2, 0.25) is 0 Å². The number of sulfonamides is 1. The number of hydrogen-bond donors (Lipinski definition) is 0. The molecule has 0 N–H and O–H groups in total. The first kappa shape index (κ1) is 13.0. The van der Waals surface area contributed by atoms with Crippen LogP contribution in [0.5, 0.6) is 0 Å². The molecule has 1 heterocycles. The number of hydrogen-bond acceptors (Lipinski definition) is 4. The molecule has 0 spiro atoms. The van der Waals surface area contributed by atoms with E-state index in [2.05, 4.69) is 0 Å². The van der Waals surface area contributed by atoms with Crippen LogP contribution in [0.25, 0.3) is 0 Å². The maximum absolute atomic E-state index is 12.1. The highest BCUT2D eigenvalue weighted by molar-refractivity contribution is 7.90. The van der Waals surface area contributed by atoms with Crippen molar-refractivity contribution in [2.75, 3.05) is 6.54 Å². The number of nitriles is 2. The predicted molar refractivity (Wildman–Crippen MR) is 58.6 cm³/mol. The Morgan fingerprint density at radius 1 is 1.44 bits per heavy atom. The average molecular weight is 241 g/mol. The molecular weight excluding hydrogens is 226 g/mol. The van der Waals surface area contributed by atoms with Crippen molar-refractivity contribution in [3.63, 3.8) is 0 Å². The molecule has 0 saturated carbocycles. The molecule has 0 radical (unpaired) electrons. The van der Waals surface area contributed by atoms with Gasteiger partial charge in [0.25, 0.3) is 0 Å². The number of piperidine rings is 1. The summed E-state index contributed by atoms with van der Waals surface area (Å²) in [4.78, 5) is 0. The SMILES string of the molecule is CCC(C#N)S(=O)(=O)N1CCCCC1C#N. The van der Waals surface area contributed by atoms with Crippen LogP contribution in [0.1, 0.15) is 32.6 Å². The van der Waals surface area contributed by atoms with Crippen LogP contribution in [0.15, 0.2) is 0 Å². The van der Waals surface area contributed by atoms with Crippen LogP contribution in [-0.4, -0.2) is 30.6 Å². The predicted octanol–water partition coefficient (Wildman–Crippen LogP) is 0.996. The minimum atomic E-state index is -3.64. The summed E-state index contributed by atoms with van der Waals surface area (Å²) in [6.07, 6.45) is 2.46. The third kappa shape index (κ3) is 2.34. The van der Waals surface area contributed by atoms with Crippen molar-refractivity contribution in [2.24, 2.45) is 0 Å². The van der Waals surface area contributed by atoms with Gasteiger partial charge in [-0.25, -0.2) is 8.42 Å². The van der Waals surface area contributed by atoms with E-state index < -0.39 is 21.3 Å². The molecular formula is C10H15N3O2S. The molecule has 0 aliphatic carbocycles. The van der Waals surface area contributed by atoms with Gasteiger partial charge in [-0.2, -0.15) is 14.8 Å². The van der Waals surface area contributed by atoms with Crippen molar-refractivity contribution in [1.29, 1.82) is 10.5 Å². The Bertz CT molecular complexity index is 418. The minimum absolute atomic E-state index is 0.257. The fourth-order valence-electron chi connectivity index (χ4n) is 1.87. The molecule has 5 nitrogen and oxygen atoms in total. The van der Waals surface area contributed by atoms with Crippen LogP contribution in [0.4, 0.5) is 0 Å². The summed E-state index contributed by atoms with van der Waals surface area (Å²) in [6.45, 7) is 2.02. The summed E-state index contributed by atoms with van der Waals surface area (Å²) < 4.78 is 25.3. The Balaban J connectivity index is 2.98. The van der Waals surface area contributed by atoms with Crippen molar-refractivity contribution in [2.45, 2.75) is 43.9 Å². The first-order valence-electron chi connectivity index (χ1n) is 5.37. The summed E-state index contributed by atoms with van der Waals surface area (Å²) >= 11 is 0. The van der Waals surface area contributed by atoms with Gasteiger partial charge < -0.3 is 0 Å². The third-order valence-electron chi connectivity index (χ3n) is 2.80. The topological polar surface area (TPSA) is 85.0 Å². The van der Waals surface area contributed by atoms with Gasteiger partial charge in [0, 0.05) is 6.54 Å². The van der Waals surface area contributed by atoms with Crippen LogP contribution in [-0.2, 0) is 10.0 Å². The first-order valence-corrected chi connectivity index (χ1v) is 6.88. The van der Waals surface area contributed by atoms with Gasteiger partial charge in [-0.05, 0) is 25.7 Å². The Hall–Kier alpha value is -1.11. The molecule has 1 saturated heterocycles. The van der Waals surface area contributed by atoms with Crippen LogP contribution in [0.3, 0.4) is 0 Å². The highest BCUT2D eigenvalue weighted by atomic mass is 32.2. The fourth-order valence-corrected chi connectivity index (χ4v) is 3.64. The highest BCUT2D eigenvalue weighted by Crippen LogP contribution is 2.23. The summed E-state index contributed by atoms with van der Waals surface area (Å²) in [6, 6.07) is 3.20. The van der Waals surface area contributed by atoms with E-state index in [9.17, 15) is 8.42 Å². The second-order valence-corrected chi connectivity index (χ2v) is 5.89. The van der Waals surface area contributed by atoms with E-state index in [1.165, 1.54) is 4.31 Å². The molecule has 0 amide bonds. The zero-order valence-electron chi connectivity index (χ0n) is 9.26. The minimum Gasteiger partial charge on any atom is -0.211 e. The van der Waals surface area contributed by atoms with Gasteiger partial charge in [-0.3, -0.25) is 0 Å². The van der Waals surface area contributed by atoms with Gasteiger partial charge in [0.2, 0.25) is 10.0 Å². The van der Waals surface area contributed by atoms with Gasteiger partial charge in [-0.15, -0.1) is 0 Å². The van der Waals surface area contributed by atoms with Crippen LogP contribution >= 0.6 is 0 Å².